The van der Waals surface area contributed by atoms with Gasteiger partial charge in [-0.25, -0.2) is 4.79 Å². The maximum atomic E-state index is 10.7. The Morgan fingerprint density at radius 1 is 1.21 bits per heavy atom. The first-order chi connectivity index (χ1) is 6.66. The third-order valence-electron chi connectivity index (χ3n) is 1.06. The van der Waals surface area contributed by atoms with E-state index in [0.717, 1.165) is 6.08 Å². The highest BCUT2D eigenvalue weighted by Gasteiger charge is 1.95. The molecule has 0 radical (unpaired) electrons. The Hall–Kier alpha value is -1.40. The summed E-state index contributed by atoms with van der Waals surface area (Å²) >= 11 is 0. The van der Waals surface area contributed by atoms with Gasteiger partial charge >= 0.3 is 5.97 Å². The number of carbonyl (C=O) groups is 2. The Labute approximate surface area is 80.7 Å². The first kappa shape index (κ1) is 12.6. The Morgan fingerprint density at radius 2 is 1.93 bits per heavy atom. The molecule has 0 heterocycles. The van der Waals surface area contributed by atoms with E-state index in [1.54, 1.807) is 0 Å². The maximum Gasteiger partial charge on any atom is 0.330 e. The molecule has 1 N–H and O–H groups in total. The van der Waals surface area contributed by atoms with Crippen molar-refractivity contribution in [1.29, 1.82) is 0 Å². The molecule has 0 amide bonds. The fourth-order valence-corrected chi connectivity index (χ4v) is 0.552. The monoisotopic (exact) mass is 203 g/mol. The van der Waals surface area contributed by atoms with Crippen molar-refractivity contribution in [2.75, 3.05) is 26.4 Å². The zero-order chi connectivity index (χ0) is 10.8. The maximum absolute atomic E-state index is 10.7. The van der Waals surface area contributed by atoms with Gasteiger partial charge < -0.3 is 24.5 Å². The van der Waals surface area contributed by atoms with Gasteiger partial charge in [0, 0.05) is 6.08 Å². The summed E-state index contributed by atoms with van der Waals surface area (Å²) in [4.78, 5) is 20.5. The number of aliphatic carboxylic acids is 1. The third-order valence-corrected chi connectivity index (χ3v) is 1.06. The van der Waals surface area contributed by atoms with Crippen molar-refractivity contribution in [3.63, 3.8) is 0 Å². The summed E-state index contributed by atoms with van der Waals surface area (Å²) in [7, 11) is 0. The molecule has 0 aromatic carbocycles. The first-order valence-electron chi connectivity index (χ1n) is 3.91. The van der Waals surface area contributed by atoms with E-state index in [-0.39, 0.29) is 26.4 Å². The van der Waals surface area contributed by atoms with Gasteiger partial charge in [-0.15, -0.1) is 0 Å². The standard InChI is InChI=1S/C8H12O6/c9-3-4-13-5-6-14-8(12)2-1-7(10)11/h1-2,9H,3-6H2,(H,10,11)/p-1/b2-1+. The fraction of sp³-hybridized carbons (Fsp3) is 0.500. The van der Waals surface area contributed by atoms with Gasteiger partial charge in [0.15, 0.2) is 0 Å². The third kappa shape index (κ3) is 8.69. The van der Waals surface area contributed by atoms with Crippen molar-refractivity contribution in [2.24, 2.45) is 0 Å². The molecule has 0 aromatic heterocycles. The van der Waals surface area contributed by atoms with Crippen molar-refractivity contribution in [3.05, 3.63) is 12.2 Å². The summed E-state index contributed by atoms with van der Waals surface area (Å²) in [6.07, 6.45) is 1.33. The van der Waals surface area contributed by atoms with Crippen LogP contribution in [0.25, 0.3) is 0 Å². The lowest BCUT2D eigenvalue weighted by Gasteiger charge is -2.02. The molecule has 0 saturated heterocycles. The van der Waals surface area contributed by atoms with Crippen molar-refractivity contribution in [1.82, 2.24) is 0 Å². The summed E-state index contributed by atoms with van der Waals surface area (Å²) in [5, 5.41) is 18.2. The molecule has 80 valence electrons. The van der Waals surface area contributed by atoms with Crippen LogP contribution in [0.15, 0.2) is 12.2 Å². The molecule has 0 bridgehead atoms. The first-order valence-corrected chi connectivity index (χ1v) is 3.91. The smallest absolute Gasteiger partial charge is 0.330 e. The summed E-state index contributed by atoms with van der Waals surface area (Å²) in [5.74, 6) is -2.24. The van der Waals surface area contributed by atoms with Crippen LogP contribution in [-0.2, 0) is 19.1 Å². The number of aliphatic hydroxyl groups is 1. The van der Waals surface area contributed by atoms with Gasteiger partial charge in [-0.2, -0.15) is 0 Å². The molecule has 0 aliphatic rings. The Bertz CT molecular complexity index is 210. The van der Waals surface area contributed by atoms with E-state index in [1.165, 1.54) is 0 Å². The second-order valence-electron chi connectivity index (χ2n) is 2.16. The number of carboxylic acid groups (broad SMARTS) is 1. The van der Waals surface area contributed by atoms with Gasteiger partial charge in [0.2, 0.25) is 0 Å². The Balaban J connectivity index is 3.40. The quantitative estimate of drug-likeness (QED) is 0.288. The van der Waals surface area contributed by atoms with Crippen molar-refractivity contribution >= 4 is 11.9 Å². The highest BCUT2D eigenvalue weighted by molar-refractivity contribution is 5.89. The van der Waals surface area contributed by atoms with Gasteiger partial charge in [-0.05, 0) is 6.08 Å². The number of carbonyl (C=O) groups excluding carboxylic acids is 2. The minimum absolute atomic E-state index is 0.0101. The molecular formula is C8H11O6-. The second-order valence-corrected chi connectivity index (χ2v) is 2.16. The summed E-state index contributed by atoms with van der Waals surface area (Å²) in [5.41, 5.74) is 0. The van der Waals surface area contributed by atoms with E-state index < -0.39 is 11.9 Å². The largest absolute Gasteiger partial charge is 0.545 e. The minimum Gasteiger partial charge on any atom is -0.545 e. The van der Waals surface area contributed by atoms with Gasteiger partial charge in [-0.3, -0.25) is 0 Å². The highest BCUT2D eigenvalue weighted by Crippen LogP contribution is 1.82. The molecule has 0 unspecified atom stereocenters. The average molecular weight is 203 g/mol. The molecule has 0 fully saturated rings. The lowest BCUT2D eigenvalue weighted by Crippen LogP contribution is -2.19. The molecule has 6 nitrogen and oxygen atoms in total. The summed E-state index contributed by atoms with van der Waals surface area (Å²) in [6.45, 7) is 0.243. The van der Waals surface area contributed by atoms with Crippen LogP contribution < -0.4 is 5.11 Å². The average Bonchev–Trinajstić information content (AvgIpc) is 2.14. The molecule has 0 rings (SSSR count). The van der Waals surface area contributed by atoms with E-state index in [0.29, 0.717) is 6.08 Å². The van der Waals surface area contributed by atoms with Crippen LogP contribution in [-0.4, -0.2) is 43.5 Å². The predicted molar refractivity (Wildman–Crippen MR) is 43.0 cm³/mol. The molecule has 6 heteroatoms. The molecular weight excluding hydrogens is 192 g/mol. The van der Waals surface area contributed by atoms with E-state index in [1.807, 2.05) is 0 Å². The minimum atomic E-state index is -1.46. The van der Waals surface area contributed by atoms with E-state index in [9.17, 15) is 14.7 Å². The van der Waals surface area contributed by atoms with Gasteiger partial charge in [-0.1, -0.05) is 0 Å². The predicted octanol–water partition coefficient (Wildman–Crippen LogP) is -2.16. The van der Waals surface area contributed by atoms with Crippen LogP contribution in [0.3, 0.4) is 0 Å². The van der Waals surface area contributed by atoms with Crippen LogP contribution in [0.2, 0.25) is 0 Å². The number of rotatable bonds is 7. The molecule has 14 heavy (non-hydrogen) atoms. The molecule has 0 atom stereocenters. The SMILES string of the molecule is O=C([O-])/C=C/C(=O)OCCOCCO. The highest BCUT2D eigenvalue weighted by atomic mass is 16.6. The van der Waals surface area contributed by atoms with E-state index in [2.05, 4.69) is 4.74 Å². The van der Waals surface area contributed by atoms with Crippen molar-refractivity contribution in [2.45, 2.75) is 0 Å². The van der Waals surface area contributed by atoms with Crippen LogP contribution in [0.4, 0.5) is 0 Å². The van der Waals surface area contributed by atoms with E-state index >= 15 is 0 Å². The number of hydrogen-bond donors (Lipinski definition) is 1. The molecule has 0 saturated carbocycles. The lowest BCUT2D eigenvalue weighted by atomic mass is 10.5. The molecule has 0 spiro atoms. The fourth-order valence-electron chi connectivity index (χ4n) is 0.552. The number of carboxylic acids is 1. The molecule has 0 aliphatic heterocycles. The number of aliphatic hydroxyl groups excluding tert-OH is 1. The number of ether oxygens (including phenoxy) is 2. The van der Waals surface area contributed by atoms with Crippen LogP contribution >= 0.6 is 0 Å². The Morgan fingerprint density at radius 3 is 2.50 bits per heavy atom. The van der Waals surface area contributed by atoms with Gasteiger partial charge in [0.25, 0.3) is 0 Å². The van der Waals surface area contributed by atoms with Gasteiger partial charge in [0.1, 0.15) is 6.61 Å². The topological polar surface area (TPSA) is 95.9 Å². The normalized spacial score (nSPS) is 10.4. The molecule has 0 aromatic rings. The van der Waals surface area contributed by atoms with Crippen molar-refractivity contribution < 1.29 is 29.3 Å². The van der Waals surface area contributed by atoms with Crippen LogP contribution in [0, 0.1) is 0 Å². The number of esters is 1. The lowest BCUT2D eigenvalue weighted by molar-refractivity contribution is -0.297. The Kier molecular flexibility index (Phi) is 7.39. The summed E-state index contributed by atoms with van der Waals surface area (Å²) in [6, 6.07) is 0. The molecule has 0 aliphatic carbocycles. The van der Waals surface area contributed by atoms with Crippen LogP contribution in [0.1, 0.15) is 0 Å². The van der Waals surface area contributed by atoms with Crippen LogP contribution in [0.5, 0.6) is 0 Å². The summed E-state index contributed by atoms with van der Waals surface area (Å²) < 4.78 is 9.29. The zero-order valence-corrected chi connectivity index (χ0v) is 7.47. The second kappa shape index (κ2) is 8.21. The van der Waals surface area contributed by atoms with Crippen molar-refractivity contribution in [3.8, 4) is 0 Å². The van der Waals surface area contributed by atoms with Gasteiger partial charge in [0.05, 0.1) is 25.8 Å². The zero-order valence-electron chi connectivity index (χ0n) is 7.47. The number of hydrogen-bond acceptors (Lipinski definition) is 6. The van der Waals surface area contributed by atoms with E-state index in [4.69, 9.17) is 9.84 Å².